The maximum atomic E-state index is 2.32. The third-order valence-corrected chi connectivity index (χ3v) is 4.67. The van der Waals surface area contributed by atoms with Crippen LogP contribution in [0.1, 0.15) is 61.8 Å². The molecule has 0 saturated carbocycles. The predicted octanol–water partition coefficient (Wildman–Crippen LogP) is 8.08. The van der Waals surface area contributed by atoms with Crippen LogP contribution in [0.25, 0.3) is 0 Å². The standard InChI is InChI=1S/C18H24S.2C2H6/c1-5-8-13-16(12-6-2)18(4,7-3)19-17-14-10-9-11-15-17;2*1-2/h5-6,8-15H,7H2,1-4H3;2*1-2H3/b8-5-,12-6-,16-13+;;. The fourth-order valence-electron chi connectivity index (χ4n) is 1.87. The van der Waals surface area contributed by atoms with Gasteiger partial charge in [-0.2, -0.15) is 0 Å². The molecule has 1 aromatic rings. The van der Waals surface area contributed by atoms with Gasteiger partial charge in [0.15, 0.2) is 0 Å². The van der Waals surface area contributed by atoms with Crippen LogP contribution in [0.2, 0.25) is 0 Å². The lowest BCUT2D eigenvalue weighted by Crippen LogP contribution is -2.21. The van der Waals surface area contributed by atoms with Crippen LogP contribution in [-0.4, -0.2) is 4.75 Å². The number of benzene rings is 1. The van der Waals surface area contributed by atoms with Crippen molar-refractivity contribution in [1.82, 2.24) is 0 Å². The molecule has 23 heavy (non-hydrogen) atoms. The first kappa shape index (κ1) is 24.0. The summed E-state index contributed by atoms with van der Waals surface area (Å²) in [5.74, 6) is 0. The van der Waals surface area contributed by atoms with Gasteiger partial charge in [-0.1, -0.05) is 83.2 Å². The molecule has 0 heterocycles. The van der Waals surface area contributed by atoms with E-state index in [1.165, 1.54) is 10.5 Å². The summed E-state index contributed by atoms with van der Waals surface area (Å²) < 4.78 is 0.105. The Morgan fingerprint density at radius 1 is 1.00 bits per heavy atom. The number of thioether (sulfide) groups is 1. The molecule has 0 aliphatic heterocycles. The van der Waals surface area contributed by atoms with Crippen LogP contribution in [-0.2, 0) is 0 Å². The molecule has 1 heteroatoms. The Kier molecular flexibility index (Phi) is 16.4. The fourth-order valence-corrected chi connectivity index (χ4v) is 3.08. The average Bonchev–Trinajstić information content (AvgIpc) is 2.62. The highest BCUT2D eigenvalue weighted by atomic mass is 32.2. The third-order valence-electron chi connectivity index (χ3n) is 3.19. The Morgan fingerprint density at radius 3 is 2.00 bits per heavy atom. The lowest BCUT2D eigenvalue weighted by Gasteiger charge is -2.29. The molecule has 130 valence electrons. The van der Waals surface area contributed by atoms with Crippen molar-refractivity contribution in [2.24, 2.45) is 0 Å². The molecule has 1 rings (SSSR count). The molecule has 1 unspecified atom stereocenters. The second-order valence-electron chi connectivity index (χ2n) is 4.65. The third kappa shape index (κ3) is 9.50. The van der Waals surface area contributed by atoms with Crippen LogP contribution in [0.5, 0.6) is 0 Å². The monoisotopic (exact) mass is 332 g/mol. The predicted molar refractivity (Wildman–Crippen MR) is 111 cm³/mol. The van der Waals surface area contributed by atoms with Gasteiger partial charge in [0.1, 0.15) is 0 Å². The van der Waals surface area contributed by atoms with Crippen molar-refractivity contribution in [3.05, 3.63) is 66.3 Å². The van der Waals surface area contributed by atoms with Crippen LogP contribution in [0.3, 0.4) is 0 Å². The summed E-state index contributed by atoms with van der Waals surface area (Å²) in [5.41, 5.74) is 1.37. The highest BCUT2D eigenvalue weighted by Gasteiger charge is 2.26. The van der Waals surface area contributed by atoms with Crippen molar-refractivity contribution in [2.45, 2.75) is 71.5 Å². The SMILES string of the molecule is CC.CC.C\C=C/C=C(\C=C/C)C(C)(CC)Sc1ccccc1. The van der Waals surface area contributed by atoms with E-state index in [1.54, 1.807) is 0 Å². The topological polar surface area (TPSA) is 0 Å². The molecule has 0 saturated heterocycles. The molecule has 0 bridgehead atoms. The quantitative estimate of drug-likeness (QED) is 0.375. The van der Waals surface area contributed by atoms with Crippen molar-refractivity contribution in [3.8, 4) is 0 Å². The molecular formula is C22H36S. The van der Waals surface area contributed by atoms with Gasteiger partial charge >= 0.3 is 0 Å². The van der Waals surface area contributed by atoms with Crippen LogP contribution < -0.4 is 0 Å². The summed E-state index contributed by atoms with van der Waals surface area (Å²) in [7, 11) is 0. The van der Waals surface area contributed by atoms with E-state index < -0.39 is 0 Å². The minimum atomic E-state index is 0.105. The van der Waals surface area contributed by atoms with E-state index >= 15 is 0 Å². The first-order valence-electron chi connectivity index (χ1n) is 8.86. The smallest absolute Gasteiger partial charge is 0.0424 e. The molecule has 0 aliphatic rings. The maximum absolute atomic E-state index is 2.32. The minimum Gasteiger partial charge on any atom is -0.115 e. The Hall–Kier alpha value is -1.21. The van der Waals surface area contributed by atoms with Gasteiger partial charge in [-0.3, -0.25) is 0 Å². The Balaban J connectivity index is 0. The summed E-state index contributed by atoms with van der Waals surface area (Å²) >= 11 is 1.94. The first-order valence-corrected chi connectivity index (χ1v) is 9.68. The van der Waals surface area contributed by atoms with E-state index in [1.807, 2.05) is 39.5 Å². The molecule has 0 radical (unpaired) electrons. The molecular weight excluding hydrogens is 296 g/mol. The molecule has 1 aromatic carbocycles. The van der Waals surface area contributed by atoms with Gasteiger partial charge in [0, 0.05) is 9.64 Å². The molecule has 0 aromatic heterocycles. The van der Waals surface area contributed by atoms with E-state index in [9.17, 15) is 0 Å². The van der Waals surface area contributed by atoms with Gasteiger partial charge in [0.05, 0.1) is 0 Å². The van der Waals surface area contributed by atoms with Gasteiger partial charge in [0.2, 0.25) is 0 Å². The van der Waals surface area contributed by atoms with E-state index in [0.717, 1.165) is 6.42 Å². The first-order chi connectivity index (χ1) is 11.2. The number of rotatable bonds is 6. The molecule has 0 spiro atoms. The summed E-state index contributed by atoms with van der Waals surface area (Å²) in [6.45, 7) is 16.7. The van der Waals surface area contributed by atoms with E-state index in [4.69, 9.17) is 0 Å². The lowest BCUT2D eigenvalue weighted by atomic mass is 9.96. The largest absolute Gasteiger partial charge is 0.115 e. The average molecular weight is 333 g/mol. The Bertz CT molecular complexity index is 454. The normalized spacial score (nSPS) is 13.8. The summed E-state index contributed by atoms with van der Waals surface area (Å²) in [5, 5.41) is 0. The maximum Gasteiger partial charge on any atom is 0.0424 e. The molecule has 1 atom stereocenters. The Morgan fingerprint density at radius 2 is 1.57 bits per heavy atom. The zero-order valence-electron chi connectivity index (χ0n) is 16.4. The zero-order chi connectivity index (χ0) is 18.1. The highest BCUT2D eigenvalue weighted by Crippen LogP contribution is 2.41. The minimum absolute atomic E-state index is 0.105. The van der Waals surface area contributed by atoms with Crippen molar-refractivity contribution >= 4 is 11.8 Å². The number of hydrogen-bond acceptors (Lipinski definition) is 1. The second kappa shape index (κ2) is 15.7. The number of allylic oxidation sites excluding steroid dienone is 5. The summed E-state index contributed by atoms with van der Waals surface area (Å²) in [4.78, 5) is 1.32. The van der Waals surface area contributed by atoms with Gasteiger partial charge in [-0.15, -0.1) is 11.8 Å². The van der Waals surface area contributed by atoms with Gasteiger partial charge in [-0.25, -0.2) is 0 Å². The van der Waals surface area contributed by atoms with E-state index in [0.29, 0.717) is 0 Å². The fraction of sp³-hybridized carbons (Fsp3) is 0.455. The van der Waals surface area contributed by atoms with Crippen molar-refractivity contribution < 1.29 is 0 Å². The molecule has 0 N–H and O–H groups in total. The summed E-state index contributed by atoms with van der Waals surface area (Å²) in [6.07, 6.45) is 11.9. The van der Waals surface area contributed by atoms with Gasteiger partial charge in [0.25, 0.3) is 0 Å². The van der Waals surface area contributed by atoms with Crippen molar-refractivity contribution in [2.75, 3.05) is 0 Å². The molecule has 0 fully saturated rings. The van der Waals surface area contributed by atoms with Crippen LogP contribution in [0, 0.1) is 0 Å². The van der Waals surface area contributed by atoms with Gasteiger partial charge < -0.3 is 0 Å². The number of hydrogen-bond donors (Lipinski definition) is 0. The molecule has 0 nitrogen and oxygen atoms in total. The zero-order valence-corrected chi connectivity index (χ0v) is 17.2. The highest BCUT2D eigenvalue weighted by molar-refractivity contribution is 8.00. The van der Waals surface area contributed by atoms with Crippen LogP contribution >= 0.6 is 11.8 Å². The van der Waals surface area contributed by atoms with E-state index in [-0.39, 0.29) is 4.75 Å². The lowest BCUT2D eigenvalue weighted by molar-refractivity contribution is 0.727. The van der Waals surface area contributed by atoms with E-state index in [2.05, 4.69) is 88.4 Å². The van der Waals surface area contributed by atoms with Crippen LogP contribution in [0.4, 0.5) is 0 Å². The van der Waals surface area contributed by atoms with Gasteiger partial charge in [-0.05, 0) is 44.9 Å². The van der Waals surface area contributed by atoms with Crippen molar-refractivity contribution in [3.63, 3.8) is 0 Å². The molecule has 0 aliphatic carbocycles. The Labute approximate surface area is 149 Å². The second-order valence-corrected chi connectivity index (χ2v) is 6.22. The molecule has 0 amide bonds. The van der Waals surface area contributed by atoms with Crippen LogP contribution in [0.15, 0.2) is 71.2 Å². The van der Waals surface area contributed by atoms with Crippen molar-refractivity contribution in [1.29, 1.82) is 0 Å². The summed E-state index contributed by atoms with van der Waals surface area (Å²) in [6, 6.07) is 10.6.